The summed E-state index contributed by atoms with van der Waals surface area (Å²) in [7, 11) is 0. The third kappa shape index (κ3) is 14.7. The molecule has 0 amide bonds. The quantitative estimate of drug-likeness (QED) is 0.0319. The molecule has 1 aliphatic carbocycles. The number of hydrogen-bond acceptors (Lipinski definition) is 7. The molecule has 1 unspecified atom stereocenters. The molecular formula is C55H81FO7. The zero-order valence-electron chi connectivity index (χ0n) is 40.2. The van der Waals surface area contributed by atoms with E-state index in [9.17, 15) is 20.1 Å². The molecule has 3 aromatic rings. The van der Waals surface area contributed by atoms with Crippen LogP contribution in [0.1, 0.15) is 167 Å². The largest absolute Gasteiger partial charge is 0.493 e. The maximum atomic E-state index is 16.1. The smallest absolute Gasteiger partial charge is 0.333 e. The van der Waals surface area contributed by atoms with Gasteiger partial charge < -0.3 is 29.5 Å². The number of carbonyl (C=O) groups is 1. The topological polar surface area (TPSA) is 105 Å². The molecule has 8 heteroatoms. The van der Waals surface area contributed by atoms with Crippen LogP contribution in [0.15, 0.2) is 60.7 Å². The number of rotatable bonds is 26. The number of ether oxygens (including phenoxy) is 3. The molecule has 1 fully saturated rings. The van der Waals surface area contributed by atoms with Crippen molar-refractivity contribution < 1.29 is 38.7 Å². The first-order chi connectivity index (χ1) is 30.0. The Hall–Kier alpha value is -3.56. The standard InChI is InChI=1S/C55H81FO7/c1-10-13-14-17-40-20-22-42(23-21-40)43-24-27-49(50(56)36-43)44-25-26-48(41(12-3)33-44)47-34-45(18-15-30-62-52(59)39(4)5)51(61-32-29-55(37-57,38-58)28-11-2)46(35-47)19-16-31-63-54(9,60)53(6,7)8/h24-27,33-36,40,42,57-58,60H,4,10-23,28-32,37-38H2,1-3,5-9H3. The van der Waals surface area contributed by atoms with Crippen LogP contribution in [0, 0.1) is 22.6 Å². The van der Waals surface area contributed by atoms with Gasteiger partial charge in [-0.3, -0.25) is 0 Å². The van der Waals surface area contributed by atoms with Gasteiger partial charge in [0.15, 0.2) is 5.79 Å². The monoisotopic (exact) mass is 873 g/mol. The molecule has 3 N–H and O–H groups in total. The number of esters is 1. The van der Waals surface area contributed by atoms with Gasteiger partial charge in [0.05, 0.1) is 33.0 Å². The Balaban J connectivity index is 1.69. The summed E-state index contributed by atoms with van der Waals surface area (Å²) in [5, 5.41) is 31.7. The first-order valence-corrected chi connectivity index (χ1v) is 24.1. The van der Waals surface area contributed by atoms with Crippen LogP contribution in [-0.2, 0) is 33.5 Å². The van der Waals surface area contributed by atoms with Crippen LogP contribution >= 0.6 is 0 Å². The van der Waals surface area contributed by atoms with Crippen molar-refractivity contribution in [3.63, 3.8) is 0 Å². The van der Waals surface area contributed by atoms with Gasteiger partial charge >= 0.3 is 5.97 Å². The van der Waals surface area contributed by atoms with Crippen molar-refractivity contribution in [3.05, 3.63) is 88.8 Å². The molecule has 0 radical (unpaired) electrons. The van der Waals surface area contributed by atoms with E-state index in [1.54, 1.807) is 19.9 Å². The molecule has 1 saturated carbocycles. The van der Waals surface area contributed by atoms with Crippen molar-refractivity contribution in [2.75, 3.05) is 33.0 Å². The SMILES string of the molecule is C=C(C)C(=O)OCCCc1cc(-c2ccc(-c3ccc(C4CCC(CCCCC)CC4)cc3F)cc2CC)cc(CCCOC(C)(O)C(C)(C)C)c1OCCC(CO)(CO)CCC. The fraction of sp³-hybridized carbons (Fsp3) is 0.618. The van der Waals surface area contributed by atoms with Gasteiger partial charge in [0.1, 0.15) is 11.6 Å². The Morgan fingerprint density at radius 1 is 0.762 bits per heavy atom. The van der Waals surface area contributed by atoms with E-state index >= 15 is 4.39 Å². The van der Waals surface area contributed by atoms with Gasteiger partial charge in [0.2, 0.25) is 0 Å². The highest BCUT2D eigenvalue weighted by molar-refractivity contribution is 5.86. The van der Waals surface area contributed by atoms with Crippen molar-refractivity contribution in [2.24, 2.45) is 16.7 Å². The molecule has 0 bridgehead atoms. The second kappa shape index (κ2) is 24.7. The normalized spacial score (nSPS) is 16.8. The lowest BCUT2D eigenvalue weighted by molar-refractivity contribution is -0.248. The predicted octanol–water partition coefficient (Wildman–Crippen LogP) is 12.9. The minimum absolute atomic E-state index is 0.136. The number of hydrogen-bond donors (Lipinski definition) is 3. The average molecular weight is 873 g/mol. The maximum Gasteiger partial charge on any atom is 0.333 e. The Bertz CT molecular complexity index is 1900. The molecule has 0 heterocycles. The minimum Gasteiger partial charge on any atom is -0.493 e. The van der Waals surface area contributed by atoms with Crippen molar-refractivity contribution in [1.82, 2.24) is 0 Å². The number of aryl methyl sites for hydroxylation is 3. The fourth-order valence-electron chi connectivity index (χ4n) is 8.98. The third-order valence-corrected chi connectivity index (χ3v) is 13.7. The molecule has 7 nitrogen and oxygen atoms in total. The van der Waals surface area contributed by atoms with E-state index < -0.39 is 22.6 Å². The third-order valence-electron chi connectivity index (χ3n) is 13.7. The number of unbranched alkanes of at least 4 members (excludes halogenated alkanes) is 2. The zero-order chi connectivity index (χ0) is 46.2. The highest BCUT2D eigenvalue weighted by Gasteiger charge is 2.36. The van der Waals surface area contributed by atoms with Crippen LogP contribution in [0.2, 0.25) is 0 Å². The van der Waals surface area contributed by atoms with Gasteiger partial charge in [-0.15, -0.1) is 0 Å². The summed E-state index contributed by atoms with van der Waals surface area (Å²) >= 11 is 0. The average Bonchev–Trinajstić information content (AvgIpc) is 3.26. The van der Waals surface area contributed by atoms with E-state index in [-0.39, 0.29) is 25.6 Å². The molecule has 4 rings (SSSR count). The van der Waals surface area contributed by atoms with E-state index in [4.69, 9.17) is 14.2 Å². The summed E-state index contributed by atoms with van der Waals surface area (Å²) in [6, 6.07) is 16.5. The second-order valence-corrected chi connectivity index (χ2v) is 19.7. The molecule has 1 atom stereocenters. The number of aliphatic hydroxyl groups excluding tert-OH is 2. The van der Waals surface area contributed by atoms with Gasteiger partial charge in [0, 0.05) is 22.0 Å². The van der Waals surface area contributed by atoms with Gasteiger partial charge in [-0.25, -0.2) is 9.18 Å². The van der Waals surface area contributed by atoms with Crippen LogP contribution in [0.25, 0.3) is 22.3 Å². The van der Waals surface area contributed by atoms with E-state index in [1.807, 2.05) is 39.8 Å². The lowest BCUT2D eigenvalue weighted by atomic mass is 9.77. The summed E-state index contributed by atoms with van der Waals surface area (Å²) in [5.41, 5.74) is 6.86. The molecule has 0 saturated heterocycles. The van der Waals surface area contributed by atoms with Crippen LogP contribution in [0.5, 0.6) is 5.75 Å². The first-order valence-electron chi connectivity index (χ1n) is 24.1. The Morgan fingerprint density at radius 2 is 1.40 bits per heavy atom. The van der Waals surface area contributed by atoms with Crippen LogP contribution < -0.4 is 4.74 Å². The molecule has 350 valence electrons. The predicted molar refractivity (Wildman–Crippen MR) is 256 cm³/mol. The number of halogens is 1. The van der Waals surface area contributed by atoms with Crippen LogP contribution in [0.4, 0.5) is 4.39 Å². The van der Waals surface area contributed by atoms with Crippen molar-refractivity contribution >= 4 is 5.97 Å². The molecule has 1 aliphatic rings. The fourth-order valence-corrected chi connectivity index (χ4v) is 8.98. The van der Waals surface area contributed by atoms with Gasteiger partial charge in [0.25, 0.3) is 0 Å². The Kier molecular flexibility index (Phi) is 20.4. The molecule has 0 spiro atoms. The van der Waals surface area contributed by atoms with E-state index in [2.05, 4.69) is 50.8 Å². The van der Waals surface area contributed by atoms with E-state index in [0.29, 0.717) is 68.8 Å². The van der Waals surface area contributed by atoms with Gasteiger partial charge in [-0.1, -0.05) is 111 Å². The van der Waals surface area contributed by atoms with Crippen molar-refractivity contribution in [2.45, 2.75) is 170 Å². The summed E-state index contributed by atoms with van der Waals surface area (Å²) in [4.78, 5) is 12.3. The summed E-state index contributed by atoms with van der Waals surface area (Å²) in [6.45, 7) is 19.9. The highest BCUT2D eigenvalue weighted by atomic mass is 19.1. The number of benzene rings is 3. The summed E-state index contributed by atoms with van der Waals surface area (Å²) in [5.74, 6) is 0.0395. The van der Waals surface area contributed by atoms with Gasteiger partial charge in [-0.05, 0) is 153 Å². The highest BCUT2D eigenvalue weighted by Crippen LogP contribution is 2.41. The van der Waals surface area contributed by atoms with Crippen LogP contribution in [0.3, 0.4) is 0 Å². The number of aliphatic hydroxyl groups is 3. The Labute approximate surface area is 379 Å². The lowest BCUT2D eigenvalue weighted by Gasteiger charge is -2.36. The zero-order valence-corrected chi connectivity index (χ0v) is 40.2. The molecule has 0 aromatic heterocycles. The minimum atomic E-state index is -1.32. The first kappa shape index (κ1) is 52.1. The lowest BCUT2D eigenvalue weighted by Crippen LogP contribution is -2.42. The van der Waals surface area contributed by atoms with E-state index in [0.717, 1.165) is 76.3 Å². The molecule has 63 heavy (non-hydrogen) atoms. The van der Waals surface area contributed by atoms with Crippen molar-refractivity contribution in [3.8, 4) is 28.0 Å². The Morgan fingerprint density at radius 3 is 1.97 bits per heavy atom. The summed E-state index contributed by atoms with van der Waals surface area (Å²) < 4.78 is 34.3. The number of carbonyl (C=O) groups excluding carboxylic acids is 1. The van der Waals surface area contributed by atoms with Gasteiger partial charge in [-0.2, -0.15) is 0 Å². The molecular weight excluding hydrogens is 792 g/mol. The maximum absolute atomic E-state index is 16.1. The van der Waals surface area contributed by atoms with Crippen molar-refractivity contribution in [1.29, 1.82) is 0 Å². The summed E-state index contributed by atoms with van der Waals surface area (Å²) in [6.07, 6.45) is 15.0. The second-order valence-electron chi connectivity index (χ2n) is 19.7. The molecule has 0 aliphatic heterocycles. The van der Waals surface area contributed by atoms with Crippen LogP contribution in [-0.4, -0.2) is 60.1 Å². The molecule has 3 aromatic carbocycles. The van der Waals surface area contributed by atoms with E-state index in [1.165, 1.54) is 38.5 Å².